The van der Waals surface area contributed by atoms with Crippen molar-refractivity contribution in [3.8, 4) is 0 Å². The molecule has 0 atom stereocenters. The van der Waals surface area contributed by atoms with Crippen LogP contribution in [0, 0.1) is 0 Å². The van der Waals surface area contributed by atoms with E-state index in [1.807, 2.05) is 6.07 Å². The Labute approximate surface area is 116 Å². The summed E-state index contributed by atoms with van der Waals surface area (Å²) in [6.07, 6.45) is 0. The lowest BCUT2D eigenvalue weighted by Crippen LogP contribution is -2.12. The van der Waals surface area contributed by atoms with E-state index in [0.717, 1.165) is 0 Å². The Kier molecular flexibility index (Phi) is 4.39. The summed E-state index contributed by atoms with van der Waals surface area (Å²) >= 11 is 0. The van der Waals surface area contributed by atoms with E-state index in [0.29, 0.717) is 11.1 Å². The molecule has 0 aliphatic heterocycles. The van der Waals surface area contributed by atoms with Gasteiger partial charge >= 0.3 is 5.97 Å². The fourth-order valence-corrected chi connectivity index (χ4v) is 1.58. The van der Waals surface area contributed by atoms with Gasteiger partial charge in [0.2, 0.25) is 5.78 Å². The van der Waals surface area contributed by atoms with Crippen molar-refractivity contribution in [1.82, 2.24) is 0 Å². The number of benzene rings is 2. The number of Topliss-reactive ketones (excluding diaryl/α,β-unsaturated/α-hetero) is 1. The van der Waals surface area contributed by atoms with Crippen LogP contribution in [0.15, 0.2) is 65.8 Å². The van der Waals surface area contributed by atoms with E-state index in [-0.39, 0.29) is 11.5 Å². The van der Waals surface area contributed by atoms with Crippen LogP contribution in [0.1, 0.15) is 27.6 Å². The molecule has 2 aromatic rings. The number of carbonyl (C=O) groups excluding carboxylic acids is 2. The van der Waals surface area contributed by atoms with Crippen LogP contribution in [0.2, 0.25) is 0 Å². The van der Waals surface area contributed by atoms with Crippen LogP contribution in [0.3, 0.4) is 0 Å². The normalized spacial score (nSPS) is 10.9. The Hall–Kier alpha value is -2.75. The van der Waals surface area contributed by atoms with E-state index < -0.39 is 5.97 Å². The first kappa shape index (κ1) is 13.7. The van der Waals surface area contributed by atoms with Crippen LogP contribution in [0.25, 0.3) is 0 Å². The van der Waals surface area contributed by atoms with E-state index in [1.165, 1.54) is 6.92 Å². The number of hydrogen-bond acceptors (Lipinski definition) is 4. The molecule has 0 saturated carbocycles. The second kappa shape index (κ2) is 6.43. The molecule has 0 aromatic heterocycles. The van der Waals surface area contributed by atoms with Crippen molar-refractivity contribution < 1.29 is 14.4 Å². The van der Waals surface area contributed by atoms with Gasteiger partial charge in [-0.05, 0) is 19.1 Å². The number of carbonyl (C=O) groups is 2. The second-order valence-electron chi connectivity index (χ2n) is 4.12. The lowest BCUT2D eigenvalue weighted by molar-refractivity contribution is 0.0515. The summed E-state index contributed by atoms with van der Waals surface area (Å²) in [5, 5.41) is 3.59. The molecule has 0 spiro atoms. The Balaban J connectivity index is 2.05. The molecule has 0 radical (unpaired) electrons. The number of ketones is 1. The van der Waals surface area contributed by atoms with Crippen LogP contribution in [0.5, 0.6) is 0 Å². The molecular formula is C16H13NO3. The summed E-state index contributed by atoms with van der Waals surface area (Å²) in [6, 6.07) is 17.2. The minimum Gasteiger partial charge on any atom is -0.312 e. The quantitative estimate of drug-likeness (QED) is 0.370. The SMILES string of the molecule is C/C(=N\OC(=O)c1ccccc1)C(=O)c1ccccc1. The zero-order valence-corrected chi connectivity index (χ0v) is 10.9. The molecular weight excluding hydrogens is 254 g/mol. The second-order valence-corrected chi connectivity index (χ2v) is 4.12. The summed E-state index contributed by atoms with van der Waals surface area (Å²) in [5.74, 6) is -0.864. The largest absolute Gasteiger partial charge is 0.365 e. The summed E-state index contributed by atoms with van der Waals surface area (Å²) in [5.41, 5.74) is 1.02. The monoisotopic (exact) mass is 267 g/mol. The van der Waals surface area contributed by atoms with Crippen molar-refractivity contribution >= 4 is 17.5 Å². The van der Waals surface area contributed by atoms with Gasteiger partial charge in [0.1, 0.15) is 5.71 Å². The minimum atomic E-state index is -0.592. The Bertz CT molecular complexity index is 633. The van der Waals surface area contributed by atoms with Crippen LogP contribution in [-0.4, -0.2) is 17.5 Å². The summed E-state index contributed by atoms with van der Waals surface area (Å²) in [6.45, 7) is 1.51. The molecule has 0 aliphatic carbocycles. The molecule has 4 nitrogen and oxygen atoms in total. The van der Waals surface area contributed by atoms with Gasteiger partial charge in [-0.25, -0.2) is 4.79 Å². The zero-order valence-electron chi connectivity index (χ0n) is 10.9. The number of hydrogen-bond donors (Lipinski definition) is 0. The maximum Gasteiger partial charge on any atom is 0.365 e. The number of rotatable bonds is 4. The predicted molar refractivity (Wildman–Crippen MR) is 75.7 cm³/mol. The highest BCUT2D eigenvalue weighted by atomic mass is 16.7. The maximum atomic E-state index is 12.0. The summed E-state index contributed by atoms with van der Waals surface area (Å²) in [7, 11) is 0. The standard InChI is InChI=1S/C16H13NO3/c1-12(15(18)13-8-4-2-5-9-13)17-20-16(19)14-10-6-3-7-11-14/h2-11H,1H3/b17-12+. The fraction of sp³-hybridized carbons (Fsp3) is 0.0625. The van der Waals surface area contributed by atoms with Gasteiger partial charge in [0.15, 0.2) is 0 Å². The zero-order chi connectivity index (χ0) is 14.4. The molecule has 4 heteroatoms. The molecule has 0 aliphatic rings. The van der Waals surface area contributed by atoms with E-state index in [4.69, 9.17) is 4.84 Å². The van der Waals surface area contributed by atoms with Crippen LogP contribution >= 0.6 is 0 Å². The Morgan fingerprint density at radius 3 is 1.90 bits per heavy atom. The van der Waals surface area contributed by atoms with Crippen molar-refractivity contribution in [2.24, 2.45) is 5.16 Å². The highest BCUT2D eigenvalue weighted by molar-refractivity contribution is 6.45. The van der Waals surface area contributed by atoms with Crippen LogP contribution in [-0.2, 0) is 4.84 Å². The smallest absolute Gasteiger partial charge is 0.312 e. The van der Waals surface area contributed by atoms with Gasteiger partial charge in [-0.1, -0.05) is 53.7 Å². The molecule has 0 heterocycles. The van der Waals surface area contributed by atoms with Gasteiger partial charge in [-0.15, -0.1) is 0 Å². The average Bonchev–Trinajstić information content (AvgIpc) is 2.53. The van der Waals surface area contributed by atoms with Crippen molar-refractivity contribution in [3.63, 3.8) is 0 Å². The Morgan fingerprint density at radius 2 is 1.35 bits per heavy atom. The molecule has 0 amide bonds. The van der Waals surface area contributed by atoms with E-state index in [2.05, 4.69) is 5.16 Å². The Morgan fingerprint density at radius 1 is 0.850 bits per heavy atom. The van der Waals surface area contributed by atoms with E-state index >= 15 is 0 Å². The highest BCUT2D eigenvalue weighted by Gasteiger charge is 2.11. The lowest BCUT2D eigenvalue weighted by atomic mass is 10.1. The average molecular weight is 267 g/mol. The molecule has 0 fully saturated rings. The molecule has 0 saturated heterocycles. The van der Waals surface area contributed by atoms with Gasteiger partial charge in [0.05, 0.1) is 5.56 Å². The molecule has 0 unspecified atom stereocenters. The van der Waals surface area contributed by atoms with Crippen LogP contribution in [0.4, 0.5) is 0 Å². The third-order valence-corrected chi connectivity index (χ3v) is 2.64. The van der Waals surface area contributed by atoms with Gasteiger partial charge in [-0.2, -0.15) is 0 Å². The van der Waals surface area contributed by atoms with Gasteiger partial charge in [0.25, 0.3) is 0 Å². The van der Waals surface area contributed by atoms with Crippen molar-refractivity contribution in [2.45, 2.75) is 6.92 Å². The summed E-state index contributed by atoms with van der Waals surface area (Å²) < 4.78 is 0. The highest BCUT2D eigenvalue weighted by Crippen LogP contribution is 2.04. The van der Waals surface area contributed by atoms with Crippen molar-refractivity contribution in [1.29, 1.82) is 0 Å². The number of oxime groups is 1. The first-order valence-corrected chi connectivity index (χ1v) is 6.09. The summed E-state index contributed by atoms with van der Waals surface area (Å²) in [4.78, 5) is 28.4. The molecule has 0 bridgehead atoms. The minimum absolute atomic E-state index is 0.125. The fourth-order valence-electron chi connectivity index (χ4n) is 1.58. The molecule has 100 valence electrons. The van der Waals surface area contributed by atoms with E-state index in [9.17, 15) is 9.59 Å². The molecule has 0 N–H and O–H groups in total. The molecule has 2 rings (SSSR count). The van der Waals surface area contributed by atoms with Gasteiger partial charge in [-0.3, -0.25) is 4.79 Å². The van der Waals surface area contributed by atoms with Crippen molar-refractivity contribution in [3.05, 3.63) is 71.8 Å². The molecule has 20 heavy (non-hydrogen) atoms. The van der Waals surface area contributed by atoms with Crippen LogP contribution < -0.4 is 0 Å². The maximum absolute atomic E-state index is 12.0. The van der Waals surface area contributed by atoms with Gasteiger partial charge in [0, 0.05) is 5.56 Å². The van der Waals surface area contributed by atoms with Crippen molar-refractivity contribution in [2.75, 3.05) is 0 Å². The first-order valence-electron chi connectivity index (χ1n) is 6.09. The first-order chi connectivity index (χ1) is 9.68. The third-order valence-electron chi connectivity index (χ3n) is 2.64. The molecule has 2 aromatic carbocycles. The van der Waals surface area contributed by atoms with E-state index in [1.54, 1.807) is 54.6 Å². The predicted octanol–water partition coefficient (Wildman–Crippen LogP) is 3.10. The lowest BCUT2D eigenvalue weighted by Gasteiger charge is -2.01. The van der Waals surface area contributed by atoms with Gasteiger partial charge < -0.3 is 4.84 Å². The third kappa shape index (κ3) is 3.38. The number of nitrogens with zero attached hydrogens (tertiary/aromatic N) is 1. The topological polar surface area (TPSA) is 55.7 Å².